The van der Waals surface area contributed by atoms with Crippen molar-refractivity contribution in [1.82, 2.24) is 15.2 Å². The number of aromatic nitrogens is 1. The highest BCUT2D eigenvalue weighted by molar-refractivity contribution is 5.94. The molecule has 102 valence electrons. The minimum Gasteiger partial charge on any atom is -0.384 e. The van der Waals surface area contributed by atoms with E-state index < -0.39 is 0 Å². The molecule has 3 N–H and O–H groups in total. The zero-order chi connectivity index (χ0) is 13.2. The van der Waals surface area contributed by atoms with Crippen LogP contribution in [0.2, 0.25) is 0 Å². The Labute approximate surface area is 113 Å². The quantitative estimate of drug-likeness (QED) is 0.833. The van der Waals surface area contributed by atoms with Gasteiger partial charge >= 0.3 is 0 Å². The van der Waals surface area contributed by atoms with E-state index in [1.54, 1.807) is 18.3 Å². The second kappa shape index (κ2) is 5.17. The summed E-state index contributed by atoms with van der Waals surface area (Å²) in [5, 5.41) is 3.13. The Balaban J connectivity index is 1.61. The predicted octanol–water partition coefficient (Wildman–Crippen LogP) is 1.02. The number of amides is 1. The predicted molar refractivity (Wildman–Crippen MR) is 73.7 cm³/mol. The van der Waals surface area contributed by atoms with Crippen LogP contribution in [0.15, 0.2) is 18.3 Å². The maximum Gasteiger partial charge on any atom is 0.251 e. The number of pyridine rings is 1. The molecular weight excluding hydrogens is 240 g/mol. The van der Waals surface area contributed by atoms with Crippen molar-refractivity contribution in [3.8, 4) is 0 Å². The van der Waals surface area contributed by atoms with Gasteiger partial charge in [0.1, 0.15) is 5.82 Å². The largest absolute Gasteiger partial charge is 0.384 e. The maximum atomic E-state index is 12.1. The van der Waals surface area contributed by atoms with Gasteiger partial charge < -0.3 is 16.0 Å². The summed E-state index contributed by atoms with van der Waals surface area (Å²) in [5.41, 5.74) is 6.20. The van der Waals surface area contributed by atoms with Crippen molar-refractivity contribution < 1.29 is 4.79 Å². The Morgan fingerprint density at radius 3 is 3.16 bits per heavy atom. The lowest BCUT2D eigenvalue weighted by molar-refractivity contribution is 0.0896. The van der Waals surface area contributed by atoms with Gasteiger partial charge in [-0.05, 0) is 44.4 Å². The molecule has 1 amide bonds. The first-order valence-electron chi connectivity index (χ1n) is 6.99. The summed E-state index contributed by atoms with van der Waals surface area (Å²) >= 11 is 0. The molecule has 0 spiro atoms. The summed E-state index contributed by atoms with van der Waals surface area (Å²) in [7, 11) is 0. The molecule has 3 heterocycles. The minimum absolute atomic E-state index is 0.0365. The third kappa shape index (κ3) is 2.71. The van der Waals surface area contributed by atoms with Gasteiger partial charge in [-0.1, -0.05) is 0 Å². The van der Waals surface area contributed by atoms with Gasteiger partial charge in [0.2, 0.25) is 0 Å². The number of rotatable bonds is 2. The standard InChI is InChI=1S/C14H20N4O/c15-13-8-10(3-5-16-13)14(19)17-11-4-7-18-6-1-2-12(18)9-11/h3,5,8,11-12H,1-2,4,6-7,9H2,(H2,15,16)(H,17,19). The van der Waals surface area contributed by atoms with Crippen LogP contribution in [0, 0.1) is 0 Å². The van der Waals surface area contributed by atoms with Crippen molar-refractivity contribution in [2.75, 3.05) is 18.8 Å². The number of carbonyl (C=O) groups is 1. The maximum absolute atomic E-state index is 12.1. The number of hydrogen-bond acceptors (Lipinski definition) is 4. The van der Waals surface area contributed by atoms with E-state index in [1.807, 2.05) is 0 Å². The molecule has 5 heteroatoms. The molecule has 3 rings (SSSR count). The van der Waals surface area contributed by atoms with Crippen LogP contribution in [-0.4, -0.2) is 41.0 Å². The van der Waals surface area contributed by atoms with Crippen LogP contribution < -0.4 is 11.1 Å². The molecule has 2 fully saturated rings. The Morgan fingerprint density at radius 2 is 2.32 bits per heavy atom. The summed E-state index contributed by atoms with van der Waals surface area (Å²) in [6.07, 6.45) is 6.26. The first-order chi connectivity index (χ1) is 9.22. The van der Waals surface area contributed by atoms with E-state index in [1.165, 1.54) is 19.4 Å². The molecule has 2 saturated heterocycles. The Kier molecular flexibility index (Phi) is 3.38. The van der Waals surface area contributed by atoms with Gasteiger partial charge in [0.05, 0.1) is 0 Å². The van der Waals surface area contributed by atoms with Crippen molar-refractivity contribution in [1.29, 1.82) is 0 Å². The zero-order valence-electron chi connectivity index (χ0n) is 11.0. The van der Waals surface area contributed by atoms with Crippen molar-refractivity contribution in [3.63, 3.8) is 0 Å². The summed E-state index contributed by atoms with van der Waals surface area (Å²) < 4.78 is 0. The second-order valence-electron chi connectivity index (χ2n) is 5.50. The Morgan fingerprint density at radius 1 is 1.42 bits per heavy atom. The molecule has 1 aromatic rings. The van der Waals surface area contributed by atoms with Gasteiger partial charge in [0, 0.05) is 30.4 Å². The van der Waals surface area contributed by atoms with E-state index in [2.05, 4.69) is 15.2 Å². The molecule has 0 bridgehead atoms. The van der Waals surface area contributed by atoms with E-state index in [0.717, 1.165) is 19.4 Å². The second-order valence-corrected chi connectivity index (χ2v) is 5.50. The summed E-state index contributed by atoms with van der Waals surface area (Å²) in [4.78, 5) is 18.6. The van der Waals surface area contributed by atoms with Crippen LogP contribution in [0.25, 0.3) is 0 Å². The number of nitrogens with zero attached hydrogens (tertiary/aromatic N) is 2. The molecule has 19 heavy (non-hydrogen) atoms. The van der Waals surface area contributed by atoms with Crippen LogP contribution in [0.5, 0.6) is 0 Å². The van der Waals surface area contributed by atoms with Crippen LogP contribution in [0.1, 0.15) is 36.0 Å². The topological polar surface area (TPSA) is 71.2 Å². The Bertz CT molecular complexity index is 476. The number of nitrogens with one attached hydrogen (secondary N) is 1. The third-order valence-corrected chi connectivity index (χ3v) is 4.20. The minimum atomic E-state index is -0.0365. The number of piperidine rings is 1. The zero-order valence-corrected chi connectivity index (χ0v) is 11.0. The van der Waals surface area contributed by atoms with Gasteiger partial charge in [-0.2, -0.15) is 0 Å². The molecule has 1 aromatic heterocycles. The first-order valence-corrected chi connectivity index (χ1v) is 6.99. The average molecular weight is 260 g/mol. The lowest BCUT2D eigenvalue weighted by Crippen LogP contribution is -2.47. The normalized spacial score (nSPS) is 26.9. The fourth-order valence-corrected chi connectivity index (χ4v) is 3.21. The van der Waals surface area contributed by atoms with Crippen molar-refractivity contribution >= 4 is 11.7 Å². The van der Waals surface area contributed by atoms with Crippen LogP contribution in [0.4, 0.5) is 5.82 Å². The van der Waals surface area contributed by atoms with E-state index >= 15 is 0 Å². The number of nitrogen functional groups attached to an aromatic ring is 1. The number of anilines is 1. The van der Waals surface area contributed by atoms with Gasteiger partial charge in [-0.15, -0.1) is 0 Å². The van der Waals surface area contributed by atoms with Crippen LogP contribution in [0.3, 0.4) is 0 Å². The SMILES string of the molecule is Nc1cc(C(=O)NC2CCN3CCCC3C2)ccn1. The summed E-state index contributed by atoms with van der Waals surface area (Å²) in [6.45, 7) is 2.33. The highest BCUT2D eigenvalue weighted by Gasteiger charge is 2.32. The van der Waals surface area contributed by atoms with Crippen LogP contribution in [-0.2, 0) is 0 Å². The Hall–Kier alpha value is -1.62. The van der Waals surface area contributed by atoms with Gasteiger partial charge in [-0.3, -0.25) is 4.79 Å². The van der Waals surface area contributed by atoms with Gasteiger partial charge in [0.25, 0.3) is 5.91 Å². The van der Waals surface area contributed by atoms with E-state index in [9.17, 15) is 4.79 Å². The fraction of sp³-hybridized carbons (Fsp3) is 0.571. The number of nitrogens with two attached hydrogens (primary N) is 1. The third-order valence-electron chi connectivity index (χ3n) is 4.20. The average Bonchev–Trinajstić information content (AvgIpc) is 2.86. The molecule has 2 aliphatic heterocycles. The first kappa shape index (κ1) is 12.4. The summed E-state index contributed by atoms with van der Waals surface area (Å²) in [5.74, 6) is 0.351. The molecule has 2 unspecified atom stereocenters. The molecule has 2 atom stereocenters. The fourth-order valence-electron chi connectivity index (χ4n) is 3.21. The molecule has 2 aliphatic rings. The smallest absolute Gasteiger partial charge is 0.251 e. The van der Waals surface area contributed by atoms with Crippen molar-refractivity contribution in [2.24, 2.45) is 0 Å². The lowest BCUT2D eigenvalue weighted by Gasteiger charge is -2.35. The van der Waals surface area contributed by atoms with Crippen molar-refractivity contribution in [2.45, 2.75) is 37.8 Å². The van der Waals surface area contributed by atoms with E-state index in [0.29, 0.717) is 23.5 Å². The molecule has 0 aliphatic carbocycles. The highest BCUT2D eigenvalue weighted by Crippen LogP contribution is 2.26. The number of carbonyl (C=O) groups excluding carboxylic acids is 1. The monoisotopic (exact) mass is 260 g/mol. The van der Waals surface area contributed by atoms with Crippen LogP contribution >= 0.6 is 0 Å². The summed E-state index contributed by atoms with van der Waals surface area (Å²) in [6, 6.07) is 4.29. The lowest BCUT2D eigenvalue weighted by atomic mass is 9.97. The molecular formula is C14H20N4O. The van der Waals surface area contributed by atoms with Crippen molar-refractivity contribution in [3.05, 3.63) is 23.9 Å². The highest BCUT2D eigenvalue weighted by atomic mass is 16.1. The molecule has 0 aromatic carbocycles. The number of hydrogen-bond donors (Lipinski definition) is 2. The number of fused-ring (bicyclic) bond motifs is 1. The van der Waals surface area contributed by atoms with E-state index in [-0.39, 0.29) is 5.91 Å². The van der Waals surface area contributed by atoms with Gasteiger partial charge in [0.15, 0.2) is 0 Å². The molecule has 5 nitrogen and oxygen atoms in total. The molecule has 0 saturated carbocycles. The van der Waals surface area contributed by atoms with Gasteiger partial charge in [-0.25, -0.2) is 4.98 Å². The van der Waals surface area contributed by atoms with E-state index in [4.69, 9.17) is 5.73 Å². The molecule has 0 radical (unpaired) electrons.